The molecule has 108 valence electrons. The summed E-state index contributed by atoms with van der Waals surface area (Å²) in [4.78, 5) is 48.7. The van der Waals surface area contributed by atoms with Crippen molar-refractivity contribution in [2.75, 3.05) is 13.1 Å². The number of isocyanates is 2. The summed E-state index contributed by atoms with van der Waals surface area (Å²) in [6.07, 6.45) is 3.20. The number of esters is 2. The van der Waals surface area contributed by atoms with Gasteiger partial charge in [0.1, 0.15) is 12.2 Å². The van der Waals surface area contributed by atoms with Gasteiger partial charge in [-0.2, -0.15) is 0 Å². The van der Waals surface area contributed by atoms with Crippen LogP contribution >= 0.6 is 0 Å². The lowest BCUT2D eigenvalue weighted by Gasteiger charge is -2.08. The van der Waals surface area contributed by atoms with E-state index in [-0.39, 0.29) is 13.1 Å². The molecular weight excluding hydrogens is 268 g/mol. The van der Waals surface area contributed by atoms with Crippen LogP contribution in [0.3, 0.4) is 0 Å². The molecule has 0 heterocycles. The standard InChI is InChI=1S/C12H14N2O6/c1-9(5-13-7-15)19-11(17)3-4-12(18)20-10(2)6-14-8-16/h3-4,9-10H,5-6H2,1-2H3. The van der Waals surface area contributed by atoms with E-state index >= 15 is 0 Å². The fourth-order valence-electron chi connectivity index (χ4n) is 1.02. The van der Waals surface area contributed by atoms with Gasteiger partial charge in [-0.3, -0.25) is 0 Å². The number of carbonyl (C=O) groups is 2. The van der Waals surface area contributed by atoms with Crippen molar-refractivity contribution in [1.29, 1.82) is 0 Å². The summed E-state index contributed by atoms with van der Waals surface area (Å²) in [6.45, 7) is 3.05. The summed E-state index contributed by atoms with van der Waals surface area (Å²) in [6, 6.07) is 0. The third-order valence-electron chi connectivity index (χ3n) is 1.82. The van der Waals surface area contributed by atoms with Crippen LogP contribution in [-0.4, -0.2) is 49.4 Å². The third kappa shape index (κ3) is 9.47. The lowest BCUT2D eigenvalue weighted by molar-refractivity contribution is -0.144. The smallest absolute Gasteiger partial charge is 0.331 e. The van der Waals surface area contributed by atoms with Crippen LogP contribution in [0.4, 0.5) is 0 Å². The zero-order chi connectivity index (χ0) is 15.4. The van der Waals surface area contributed by atoms with E-state index in [0.717, 1.165) is 12.2 Å². The summed E-state index contributed by atoms with van der Waals surface area (Å²) in [5, 5.41) is 0. The number of carbonyl (C=O) groups excluding carboxylic acids is 4. The van der Waals surface area contributed by atoms with Crippen LogP contribution < -0.4 is 0 Å². The summed E-state index contributed by atoms with van der Waals surface area (Å²) in [5.74, 6) is -1.54. The normalized spacial score (nSPS) is 12.7. The second-order valence-electron chi connectivity index (χ2n) is 3.69. The Morgan fingerprint density at radius 1 is 0.950 bits per heavy atom. The number of hydrogen-bond acceptors (Lipinski definition) is 8. The van der Waals surface area contributed by atoms with Crippen LogP contribution in [0.25, 0.3) is 0 Å². The number of ether oxygens (including phenoxy) is 2. The van der Waals surface area contributed by atoms with Crippen molar-refractivity contribution in [1.82, 2.24) is 0 Å². The van der Waals surface area contributed by atoms with E-state index in [4.69, 9.17) is 9.47 Å². The maximum atomic E-state index is 11.3. The molecule has 2 unspecified atom stereocenters. The zero-order valence-electron chi connectivity index (χ0n) is 11.1. The van der Waals surface area contributed by atoms with Gasteiger partial charge in [-0.25, -0.2) is 29.2 Å². The zero-order valence-corrected chi connectivity index (χ0v) is 11.1. The fourth-order valence-corrected chi connectivity index (χ4v) is 1.02. The SMILES string of the molecule is CC(CN=C=O)OC(=O)C=CC(=O)OC(C)CN=C=O. The van der Waals surface area contributed by atoms with Gasteiger partial charge in [-0.15, -0.1) is 0 Å². The van der Waals surface area contributed by atoms with Crippen molar-refractivity contribution in [3.05, 3.63) is 12.2 Å². The second-order valence-corrected chi connectivity index (χ2v) is 3.69. The van der Waals surface area contributed by atoms with Gasteiger partial charge in [-0.05, 0) is 13.8 Å². The molecule has 0 aliphatic rings. The van der Waals surface area contributed by atoms with Crippen molar-refractivity contribution in [2.45, 2.75) is 26.1 Å². The number of rotatable bonds is 8. The predicted octanol–water partition coefficient (Wildman–Crippen LogP) is 0.0776. The van der Waals surface area contributed by atoms with Gasteiger partial charge in [0.15, 0.2) is 0 Å². The summed E-state index contributed by atoms with van der Waals surface area (Å²) < 4.78 is 9.59. The average molecular weight is 282 g/mol. The Morgan fingerprint density at radius 3 is 1.60 bits per heavy atom. The van der Waals surface area contributed by atoms with Crippen LogP contribution in [0, 0.1) is 0 Å². The van der Waals surface area contributed by atoms with E-state index in [2.05, 4.69) is 9.98 Å². The van der Waals surface area contributed by atoms with E-state index < -0.39 is 24.1 Å². The predicted molar refractivity (Wildman–Crippen MR) is 66.2 cm³/mol. The van der Waals surface area contributed by atoms with Gasteiger partial charge in [0.25, 0.3) is 0 Å². The first-order valence-electron chi connectivity index (χ1n) is 5.66. The first-order chi connectivity index (χ1) is 9.49. The molecule has 0 fully saturated rings. The molecule has 0 aliphatic carbocycles. The molecule has 20 heavy (non-hydrogen) atoms. The van der Waals surface area contributed by atoms with Crippen LogP contribution in [0.2, 0.25) is 0 Å². The largest absolute Gasteiger partial charge is 0.458 e. The molecule has 0 saturated carbocycles. The Balaban J connectivity index is 4.14. The second kappa shape index (κ2) is 10.4. The molecule has 2 atom stereocenters. The minimum absolute atomic E-state index is 0.00569. The van der Waals surface area contributed by atoms with Gasteiger partial charge in [0.05, 0.1) is 13.1 Å². The highest BCUT2D eigenvalue weighted by Gasteiger charge is 2.09. The highest BCUT2D eigenvalue weighted by Crippen LogP contribution is 1.96. The molecule has 8 nitrogen and oxygen atoms in total. The van der Waals surface area contributed by atoms with Gasteiger partial charge in [0, 0.05) is 12.2 Å². The molecule has 0 aromatic rings. The molecule has 0 aliphatic heterocycles. The summed E-state index contributed by atoms with van der Waals surface area (Å²) in [7, 11) is 0. The van der Waals surface area contributed by atoms with E-state index in [1.54, 1.807) is 0 Å². The molecule has 0 aromatic carbocycles. The molecular formula is C12H14N2O6. The van der Waals surface area contributed by atoms with Crippen LogP contribution in [0.5, 0.6) is 0 Å². The highest BCUT2D eigenvalue weighted by atomic mass is 16.5. The Hall–Kier alpha value is -2.56. The molecule has 0 aromatic heterocycles. The Kier molecular flexibility index (Phi) is 9.04. The molecule has 0 saturated heterocycles. The van der Waals surface area contributed by atoms with Crippen LogP contribution in [0.1, 0.15) is 13.8 Å². The maximum absolute atomic E-state index is 11.3. The fraction of sp³-hybridized carbons (Fsp3) is 0.500. The van der Waals surface area contributed by atoms with Crippen molar-refractivity contribution in [3.8, 4) is 0 Å². The molecule has 0 amide bonds. The topological polar surface area (TPSA) is 111 Å². The first-order valence-corrected chi connectivity index (χ1v) is 5.66. The van der Waals surface area contributed by atoms with E-state index in [9.17, 15) is 19.2 Å². The van der Waals surface area contributed by atoms with E-state index in [1.807, 2.05) is 0 Å². The minimum Gasteiger partial charge on any atom is -0.458 e. The molecule has 0 radical (unpaired) electrons. The molecule has 0 N–H and O–H groups in total. The van der Waals surface area contributed by atoms with Crippen molar-refractivity contribution >= 4 is 24.1 Å². The Labute approximate surface area is 115 Å². The Bertz CT molecular complexity index is 419. The quantitative estimate of drug-likeness (QED) is 0.270. The number of nitrogens with zero attached hydrogens (tertiary/aromatic N) is 2. The third-order valence-corrected chi connectivity index (χ3v) is 1.82. The first kappa shape index (κ1) is 17.4. The molecule has 0 spiro atoms. The minimum atomic E-state index is -0.769. The van der Waals surface area contributed by atoms with Crippen molar-refractivity contribution in [2.24, 2.45) is 9.98 Å². The van der Waals surface area contributed by atoms with Gasteiger partial charge >= 0.3 is 11.9 Å². The van der Waals surface area contributed by atoms with Gasteiger partial charge in [0.2, 0.25) is 12.2 Å². The van der Waals surface area contributed by atoms with Crippen molar-refractivity contribution < 1.29 is 28.7 Å². The molecule has 8 heteroatoms. The lowest BCUT2D eigenvalue weighted by Crippen LogP contribution is -2.18. The summed E-state index contributed by atoms with van der Waals surface area (Å²) >= 11 is 0. The van der Waals surface area contributed by atoms with Gasteiger partial charge < -0.3 is 9.47 Å². The summed E-state index contributed by atoms with van der Waals surface area (Å²) in [5.41, 5.74) is 0. The van der Waals surface area contributed by atoms with Crippen LogP contribution in [-0.2, 0) is 28.7 Å². The van der Waals surface area contributed by atoms with Gasteiger partial charge in [-0.1, -0.05) is 0 Å². The van der Waals surface area contributed by atoms with Crippen LogP contribution in [0.15, 0.2) is 22.1 Å². The Morgan fingerprint density at radius 2 is 1.30 bits per heavy atom. The van der Waals surface area contributed by atoms with E-state index in [0.29, 0.717) is 0 Å². The monoisotopic (exact) mass is 282 g/mol. The van der Waals surface area contributed by atoms with E-state index in [1.165, 1.54) is 26.0 Å². The average Bonchev–Trinajstić information content (AvgIpc) is 2.40. The molecule has 0 rings (SSSR count). The number of hydrogen-bond donors (Lipinski definition) is 0. The number of aliphatic imine (C=N–C) groups is 2. The lowest BCUT2D eigenvalue weighted by atomic mass is 10.4. The van der Waals surface area contributed by atoms with Crippen molar-refractivity contribution in [3.63, 3.8) is 0 Å². The maximum Gasteiger partial charge on any atom is 0.331 e. The highest BCUT2D eigenvalue weighted by molar-refractivity contribution is 5.91. The molecule has 0 bridgehead atoms.